The molecule has 0 aliphatic heterocycles. The van der Waals surface area contributed by atoms with Crippen molar-refractivity contribution in [1.82, 2.24) is 5.32 Å². The van der Waals surface area contributed by atoms with Crippen molar-refractivity contribution in [3.05, 3.63) is 59.2 Å². The van der Waals surface area contributed by atoms with E-state index in [1.165, 1.54) is 0 Å². The van der Waals surface area contributed by atoms with E-state index in [0.717, 1.165) is 29.7 Å². The average Bonchev–Trinajstić information content (AvgIpc) is 2.76. The fourth-order valence-electron chi connectivity index (χ4n) is 3.23. The summed E-state index contributed by atoms with van der Waals surface area (Å²) < 4.78 is 10.9. The molecule has 0 radical (unpaired) electrons. The fraction of sp³-hybridized carbons (Fsp3) is 0.462. The number of nitrogens with one attached hydrogen (secondary N) is 2. The van der Waals surface area contributed by atoms with Crippen LogP contribution in [0.3, 0.4) is 0 Å². The van der Waals surface area contributed by atoms with Crippen LogP contribution in [0.15, 0.2) is 42.5 Å². The summed E-state index contributed by atoms with van der Waals surface area (Å²) in [7, 11) is 1.63. The van der Waals surface area contributed by atoms with Crippen LogP contribution in [0.2, 0.25) is 0 Å². The van der Waals surface area contributed by atoms with Crippen LogP contribution in [-0.4, -0.2) is 38.7 Å². The molecule has 2 aromatic carbocycles. The highest BCUT2D eigenvalue weighted by Crippen LogP contribution is 2.26. The van der Waals surface area contributed by atoms with Crippen LogP contribution in [0.4, 0.5) is 5.69 Å². The molecule has 174 valence electrons. The molecular weight excluding hydrogens is 404 g/mol. The second-order valence-electron chi connectivity index (χ2n) is 8.74. The summed E-state index contributed by atoms with van der Waals surface area (Å²) in [5.74, 6) is 0.645. The van der Waals surface area contributed by atoms with E-state index in [1.54, 1.807) is 31.4 Å². The molecule has 32 heavy (non-hydrogen) atoms. The van der Waals surface area contributed by atoms with E-state index in [0.29, 0.717) is 37.4 Å². The summed E-state index contributed by atoms with van der Waals surface area (Å²) in [5, 5.41) is 5.80. The summed E-state index contributed by atoms with van der Waals surface area (Å²) in [6.45, 7) is 9.61. The largest absolute Gasteiger partial charge is 0.493 e. The lowest BCUT2D eigenvalue weighted by Crippen LogP contribution is -2.31. The van der Waals surface area contributed by atoms with Crippen LogP contribution in [0.1, 0.15) is 54.6 Å². The van der Waals surface area contributed by atoms with Crippen LogP contribution < -0.4 is 15.4 Å². The van der Waals surface area contributed by atoms with Crippen LogP contribution in [0, 0.1) is 19.3 Å². The van der Waals surface area contributed by atoms with Gasteiger partial charge in [-0.25, -0.2) is 0 Å². The van der Waals surface area contributed by atoms with E-state index in [9.17, 15) is 9.59 Å². The number of anilines is 1. The highest BCUT2D eigenvalue weighted by Gasteiger charge is 2.27. The number of hydrogen-bond acceptors (Lipinski definition) is 4. The Morgan fingerprint density at radius 3 is 2.53 bits per heavy atom. The third-order valence-electron chi connectivity index (χ3n) is 5.36. The minimum absolute atomic E-state index is 0.0816. The molecular formula is C26H36N2O4. The number of hydrogen-bond donors (Lipinski definition) is 2. The number of rotatable bonds is 12. The van der Waals surface area contributed by atoms with Crippen molar-refractivity contribution in [1.29, 1.82) is 0 Å². The maximum atomic E-state index is 12.9. The van der Waals surface area contributed by atoms with E-state index in [1.807, 2.05) is 33.8 Å². The van der Waals surface area contributed by atoms with Crippen molar-refractivity contribution in [2.75, 3.05) is 32.2 Å². The second-order valence-corrected chi connectivity index (χ2v) is 8.74. The number of benzene rings is 2. The zero-order valence-electron chi connectivity index (χ0n) is 19.9. The molecule has 2 amide bonds. The molecule has 0 bridgehead atoms. The Balaban J connectivity index is 1.85. The smallest absolute Gasteiger partial charge is 0.251 e. The molecule has 6 heteroatoms. The zero-order valence-corrected chi connectivity index (χ0v) is 19.9. The summed E-state index contributed by atoms with van der Waals surface area (Å²) in [4.78, 5) is 25.2. The summed E-state index contributed by atoms with van der Waals surface area (Å²) in [5.41, 5.74) is 2.83. The lowest BCUT2D eigenvalue weighted by molar-refractivity contribution is -0.124. The second kappa shape index (κ2) is 12.2. The minimum atomic E-state index is -0.566. The first-order valence-corrected chi connectivity index (χ1v) is 11.1. The van der Waals surface area contributed by atoms with Gasteiger partial charge in [0.15, 0.2) is 0 Å². The first-order valence-electron chi connectivity index (χ1n) is 11.1. The topological polar surface area (TPSA) is 76.7 Å². The molecule has 0 aliphatic rings. The quantitative estimate of drug-likeness (QED) is 0.461. The van der Waals surface area contributed by atoms with Gasteiger partial charge in [-0.1, -0.05) is 32.0 Å². The Morgan fingerprint density at radius 1 is 1.00 bits per heavy atom. The summed E-state index contributed by atoms with van der Waals surface area (Å²) in [6.07, 6.45) is 2.20. The number of aryl methyl sites for hydroxylation is 2. The van der Waals surface area contributed by atoms with Crippen LogP contribution in [0.5, 0.6) is 5.75 Å². The van der Waals surface area contributed by atoms with E-state index >= 15 is 0 Å². The third-order valence-corrected chi connectivity index (χ3v) is 5.36. The van der Waals surface area contributed by atoms with Gasteiger partial charge in [0.25, 0.3) is 5.91 Å². The Bertz CT molecular complexity index is 908. The SMILES string of the molecule is COCCCNC(=O)c1cccc(NC(=O)C(C)(C)CCCOc2cc(C)ccc2C)c1. The highest BCUT2D eigenvalue weighted by molar-refractivity contribution is 5.98. The predicted octanol–water partition coefficient (Wildman–Crippen LogP) is 4.89. The Kier molecular flexibility index (Phi) is 9.72. The molecule has 0 saturated heterocycles. The molecule has 2 aromatic rings. The van der Waals surface area contributed by atoms with Gasteiger partial charge in [-0.05, 0) is 68.5 Å². The van der Waals surface area contributed by atoms with Crippen molar-refractivity contribution in [3.8, 4) is 5.75 Å². The molecule has 0 aromatic heterocycles. The molecule has 0 fully saturated rings. The minimum Gasteiger partial charge on any atom is -0.493 e. The van der Waals surface area contributed by atoms with Gasteiger partial charge in [0.05, 0.1) is 6.61 Å². The van der Waals surface area contributed by atoms with Crippen molar-refractivity contribution in [3.63, 3.8) is 0 Å². The van der Waals surface area contributed by atoms with Crippen molar-refractivity contribution < 1.29 is 19.1 Å². The summed E-state index contributed by atoms with van der Waals surface area (Å²) in [6, 6.07) is 13.1. The Hall–Kier alpha value is -2.86. The first-order chi connectivity index (χ1) is 15.2. The lowest BCUT2D eigenvalue weighted by atomic mass is 9.87. The maximum Gasteiger partial charge on any atom is 0.251 e. The molecule has 0 atom stereocenters. The standard InChI is InChI=1S/C26H36N2O4/c1-19-11-12-20(2)23(17-19)32-16-7-13-26(3,4)25(30)28-22-10-6-9-21(18-22)24(29)27-14-8-15-31-5/h6,9-12,17-18H,7-8,13-16H2,1-5H3,(H,27,29)(H,28,30). The van der Waals surface area contributed by atoms with E-state index in [2.05, 4.69) is 22.8 Å². The fourth-order valence-corrected chi connectivity index (χ4v) is 3.23. The van der Waals surface area contributed by atoms with Crippen molar-refractivity contribution in [2.45, 2.75) is 47.0 Å². The van der Waals surface area contributed by atoms with Gasteiger partial charge in [-0.3, -0.25) is 9.59 Å². The van der Waals surface area contributed by atoms with Crippen LogP contribution in [0.25, 0.3) is 0 Å². The number of ether oxygens (including phenoxy) is 2. The number of carbonyl (C=O) groups excluding carboxylic acids is 2. The predicted molar refractivity (Wildman–Crippen MR) is 128 cm³/mol. The van der Waals surface area contributed by atoms with Gasteiger partial charge >= 0.3 is 0 Å². The molecule has 0 unspecified atom stereocenters. The van der Waals surface area contributed by atoms with Crippen LogP contribution in [-0.2, 0) is 9.53 Å². The molecule has 0 aliphatic carbocycles. The van der Waals surface area contributed by atoms with Gasteiger partial charge in [0, 0.05) is 36.9 Å². The molecule has 2 N–H and O–H groups in total. The molecule has 0 heterocycles. The maximum absolute atomic E-state index is 12.9. The lowest BCUT2D eigenvalue weighted by Gasteiger charge is -2.24. The van der Waals surface area contributed by atoms with Gasteiger partial charge < -0.3 is 20.1 Å². The van der Waals surface area contributed by atoms with Crippen molar-refractivity contribution >= 4 is 17.5 Å². The van der Waals surface area contributed by atoms with Gasteiger partial charge in [-0.2, -0.15) is 0 Å². The molecule has 0 spiro atoms. The Morgan fingerprint density at radius 2 is 1.78 bits per heavy atom. The monoisotopic (exact) mass is 440 g/mol. The zero-order chi connectivity index (χ0) is 23.6. The normalized spacial score (nSPS) is 11.2. The van der Waals surface area contributed by atoms with Gasteiger partial charge in [0.1, 0.15) is 5.75 Å². The molecule has 6 nitrogen and oxygen atoms in total. The van der Waals surface area contributed by atoms with Gasteiger partial charge in [-0.15, -0.1) is 0 Å². The van der Waals surface area contributed by atoms with E-state index < -0.39 is 5.41 Å². The number of amides is 2. The van der Waals surface area contributed by atoms with Crippen molar-refractivity contribution in [2.24, 2.45) is 5.41 Å². The number of carbonyl (C=O) groups is 2. The van der Waals surface area contributed by atoms with E-state index in [4.69, 9.17) is 9.47 Å². The van der Waals surface area contributed by atoms with Gasteiger partial charge in [0.2, 0.25) is 5.91 Å². The third kappa shape index (κ3) is 8.00. The summed E-state index contributed by atoms with van der Waals surface area (Å²) >= 11 is 0. The molecule has 2 rings (SSSR count). The number of methoxy groups -OCH3 is 1. The highest BCUT2D eigenvalue weighted by atomic mass is 16.5. The van der Waals surface area contributed by atoms with E-state index in [-0.39, 0.29) is 11.8 Å². The average molecular weight is 441 g/mol. The van der Waals surface area contributed by atoms with Crippen LogP contribution >= 0.6 is 0 Å². The Labute approximate surface area is 191 Å². The first kappa shape index (κ1) is 25.4. The molecule has 0 saturated carbocycles.